The Labute approximate surface area is 122 Å². The highest BCUT2D eigenvalue weighted by molar-refractivity contribution is 7.53. The van der Waals surface area contributed by atoms with E-state index < -0.39 is 13.6 Å². The van der Waals surface area contributed by atoms with Gasteiger partial charge in [-0.2, -0.15) is 0 Å². The van der Waals surface area contributed by atoms with E-state index in [1.165, 1.54) is 39.2 Å². The Morgan fingerprint density at radius 2 is 1.65 bits per heavy atom. The topological polar surface area (TPSA) is 61.8 Å². The Bertz CT molecular complexity index is 317. The van der Waals surface area contributed by atoms with Crippen molar-refractivity contribution in [3.05, 3.63) is 12.7 Å². The molecule has 0 bridgehead atoms. The molecule has 0 heterocycles. The lowest BCUT2D eigenvalue weighted by Crippen LogP contribution is -2.04. The molecule has 0 radical (unpaired) electrons. The molecule has 0 N–H and O–H groups in total. The van der Waals surface area contributed by atoms with Crippen LogP contribution in [0.2, 0.25) is 0 Å². The Morgan fingerprint density at radius 3 is 2.15 bits per heavy atom. The summed E-state index contributed by atoms with van der Waals surface area (Å²) in [4.78, 5) is 15.2. The highest BCUT2D eigenvalue weighted by Gasteiger charge is 2.25. The van der Waals surface area contributed by atoms with Crippen molar-refractivity contribution in [1.82, 2.24) is 0 Å². The maximum absolute atomic E-state index is 12.0. The quantitative estimate of drug-likeness (QED) is 0.163. The lowest BCUT2D eigenvalue weighted by atomic mass is 10.1. The Hall–Kier alpha value is -0.640. The first-order valence-electron chi connectivity index (χ1n) is 7.25. The van der Waals surface area contributed by atoms with Gasteiger partial charge in [0.05, 0.1) is 6.16 Å². The fourth-order valence-corrected chi connectivity index (χ4v) is 2.84. The minimum absolute atomic E-state index is 0.253. The number of hydrogen-bond acceptors (Lipinski definition) is 5. The molecule has 0 fully saturated rings. The molecule has 0 aliphatic heterocycles. The molecule has 5 nitrogen and oxygen atoms in total. The van der Waals surface area contributed by atoms with Gasteiger partial charge in [0.2, 0.25) is 0 Å². The second-order valence-corrected chi connectivity index (χ2v) is 6.86. The Balaban J connectivity index is 3.70. The van der Waals surface area contributed by atoms with Crippen molar-refractivity contribution < 1.29 is 23.4 Å². The maximum atomic E-state index is 12.0. The van der Waals surface area contributed by atoms with Gasteiger partial charge >= 0.3 is 13.6 Å². The van der Waals surface area contributed by atoms with E-state index in [2.05, 4.69) is 23.1 Å². The van der Waals surface area contributed by atoms with E-state index in [0.29, 0.717) is 0 Å². The molecule has 0 rings (SSSR count). The van der Waals surface area contributed by atoms with Gasteiger partial charge in [-0.15, -0.1) is 0 Å². The minimum Gasteiger partial charge on any atom is -0.310 e. The van der Waals surface area contributed by atoms with E-state index >= 15 is 0 Å². The normalized spacial score (nSPS) is 13.7. The molecular weight excluding hydrogens is 279 g/mol. The van der Waals surface area contributed by atoms with Gasteiger partial charge in [0.1, 0.15) is 0 Å². The van der Waals surface area contributed by atoms with Crippen LogP contribution in [-0.4, -0.2) is 19.2 Å². The summed E-state index contributed by atoms with van der Waals surface area (Å²) in [7, 11) is -2.04. The lowest BCUT2D eigenvalue weighted by Gasteiger charge is -2.13. The van der Waals surface area contributed by atoms with E-state index in [-0.39, 0.29) is 6.16 Å². The van der Waals surface area contributed by atoms with Crippen molar-refractivity contribution in [2.45, 2.75) is 58.3 Å². The molecule has 0 spiro atoms. The van der Waals surface area contributed by atoms with Crippen LogP contribution in [0.15, 0.2) is 12.7 Å². The Morgan fingerprint density at radius 1 is 1.10 bits per heavy atom. The van der Waals surface area contributed by atoms with Crippen LogP contribution in [0.3, 0.4) is 0 Å². The second-order valence-electron chi connectivity index (χ2n) is 4.67. The molecule has 0 saturated carbocycles. The van der Waals surface area contributed by atoms with Crippen LogP contribution in [0.1, 0.15) is 58.3 Å². The third kappa shape index (κ3) is 10.2. The molecule has 0 aromatic carbocycles. The van der Waals surface area contributed by atoms with Crippen LogP contribution >= 0.6 is 7.60 Å². The van der Waals surface area contributed by atoms with E-state index in [1.807, 2.05) is 0 Å². The highest BCUT2D eigenvalue weighted by atomic mass is 31.2. The third-order valence-corrected chi connectivity index (χ3v) is 4.69. The van der Waals surface area contributed by atoms with Crippen LogP contribution < -0.4 is 0 Å². The summed E-state index contributed by atoms with van der Waals surface area (Å²) in [5.74, 6) is -0.779. The van der Waals surface area contributed by atoms with Crippen molar-refractivity contribution in [2.24, 2.45) is 0 Å². The van der Waals surface area contributed by atoms with Gasteiger partial charge in [0.15, 0.2) is 0 Å². The number of rotatable bonds is 13. The molecule has 0 saturated heterocycles. The predicted octanol–water partition coefficient (Wildman–Crippen LogP) is 4.63. The van der Waals surface area contributed by atoms with Gasteiger partial charge in [-0.1, -0.05) is 63.1 Å². The first-order chi connectivity index (χ1) is 9.58. The molecule has 1 unspecified atom stereocenters. The first-order valence-corrected chi connectivity index (χ1v) is 8.98. The lowest BCUT2D eigenvalue weighted by molar-refractivity contribution is -0.211. The average molecular weight is 306 g/mol. The van der Waals surface area contributed by atoms with Crippen molar-refractivity contribution in [3.8, 4) is 0 Å². The monoisotopic (exact) mass is 306 g/mol. The molecule has 118 valence electrons. The van der Waals surface area contributed by atoms with Crippen molar-refractivity contribution in [3.63, 3.8) is 0 Å². The van der Waals surface area contributed by atoms with Crippen LogP contribution in [0.4, 0.5) is 0 Å². The summed E-state index contributed by atoms with van der Waals surface area (Å²) < 4.78 is 21.4. The number of unbranched alkanes of at least 4 members (excludes halogenated alkanes) is 7. The van der Waals surface area contributed by atoms with Crippen LogP contribution in [0.5, 0.6) is 0 Å². The number of carbonyl (C=O) groups excluding carboxylic acids is 1. The van der Waals surface area contributed by atoms with Gasteiger partial charge in [-0.3, -0.25) is 9.45 Å². The zero-order valence-corrected chi connectivity index (χ0v) is 13.5. The molecule has 0 aliphatic rings. The first kappa shape index (κ1) is 19.4. The van der Waals surface area contributed by atoms with Crippen molar-refractivity contribution >= 4 is 13.6 Å². The standard InChI is InChI=1S/C14H27O5P/c1-4-6-7-8-9-10-11-12-13-20(16,17-3)19-18-14(15)5-2/h5H,2,4,6-13H2,1,3H3. The molecular formula is C14H27O5P. The summed E-state index contributed by atoms with van der Waals surface area (Å²) in [5.41, 5.74) is 0. The molecule has 20 heavy (non-hydrogen) atoms. The van der Waals surface area contributed by atoms with Crippen LogP contribution in [-0.2, 0) is 23.4 Å². The predicted molar refractivity (Wildman–Crippen MR) is 79.5 cm³/mol. The van der Waals surface area contributed by atoms with E-state index in [1.54, 1.807) is 0 Å². The second kappa shape index (κ2) is 12.1. The summed E-state index contributed by atoms with van der Waals surface area (Å²) >= 11 is 0. The summed E-state index contributed by atoms with van der Waals surface area (Å²) in [5, 5.41) is 0. The van der Waals surface area contributed by atoms with Crippen molar-refractivity contribution in [1.29, 1.82) is 0 Å². The number of hydrogen-bond donors (Lipinski definition) is 0. The summed E-state index contributed by atoms with van der Waals surface area (Å²) in [6.45, 7) is 5.42. The zero-order valence-electron chi connectivity index (χ0n) is 12.6. The SMILES string of the molecule is C=CC(=O)OOP(=O)(CCCCCCCCCC)OC. The van der Waals surface area contributed by atoms with Gasteiger partial charge in [0, 0.05) is 13.2 Å². The maximum Gasteiger partial charge on any atom is 0.369 e. The average Bonchev–Trinajstić information content (AvgIpc) is 2.47. The minimum atomic E-state index is -3.32. The Kier molecular flexibility index (Phi) is 11.7. The molecule has 0 amide bonds. The zero-order chi connectivity index (χ0) is 15.3. The fraction of sp³-hybridized carbons (Fsp3) is 0.786. The largest absolute Gasteiger partial charge is 0.369 e. The van der Waals surface area contributed by atoms with Gasteiger partial charge in [-0.25, -0.2) is 4.79 Å². The number of carbonyl (C=O) groups is 1. The van der Waals surface area contributed by atoms with Gasteiger partial charge < -0.3 is 4.52 Å². The third-order valence-electron chi connectivity index (χ3n) is 2.96. The van der Waals surface area contributed by atoms with Crippen LogP contribution in [0.25, 0.3) is 0 Å². The molecule has 0 aromatic rings. The van der Waals surface area contributed by atoms with E-state index in [9.17, 15) is 9.36 Å². The highest BCUT2D eigenvalue weighted by Crippen LogP contribution is 2.48. The molecule has 0 aliphatic carbocycles. The van der Waals surface area contributed by atoms with E-state index in [4.69, 9.17) is 4.52 Å². The van der Waals surface area contributed by atoms with Gasteiger partial charge in [-0.05, 0) is 6.42 Å². The molecule has 6 heteroatoms. The van der Waals surface area contributed by atoms with Crippen molar-refractivity contribution in [2.75, 3.05) is 13.3 Å². The smallest absolute Gasteiger partial charge is 0.310 e. The molecule has 1 atom stereocenters. The van der Waals surface area contributed by atoms with Crippen LogP contribution in [0, 0.1) is 0 Å². The van der Waals surface area contributed by atoms with Gasteiger partial charge in [0.25, 0.3) is 0 Å². The molecule has 0 aromatic heterocycles. The fourth-order valence-electron chi connectivity index (χ4n) is 1.73. The summed E-state index contributed by atoms with van der Waals surface area (Å²) in [6.07, 6.45) is 10.3. The summed E-state index contributed by atoms with van der Waals surface area (Å²) in [6, 6.07) is 0. The van der Waals surface area contributed by atoms with E-state index in [0.717, 1.165) is 25.3 Å².